The van der Waals surface area contributed by atoms with Crippen LogP contribution in [-0.2, 0) is 0 Å². The van der Waals surface area contributed by atoms with E-state index in [-0.39, 0.29) is 11.7 Å². The highest BCUT2D eigenvalue weighted by Gasteiger charge is 2.33. The maximum Gasteiger partial charge on any atom is 0.339 e. The summed E-state index contributed by atoms with van der Waals surface area (Å²) in [5.74, 6) is 1.21. The zero-order valence-electron chi connectivity index (χ0n) is 12.8. The Labute approximate surface area is 134 Å². The first-order valence-electron chi connectivity index (χ1n) is 7.58. The lowest BCUT2D eigenvalue weighted by Crippen LogP contribution is -2.36. The number of hydrogen-bond donors (Lipinski definition) is 1. The second-order valence-corrected chi connectivity index (χ2v) is 7.34. The van der Waals surface area contributed by atoms with Gasteiger partial charge >= 0.3 is 5.97 Å². The van der Waals surface area contributed by atoms with Gasteiger partial charge in [0.1, 0.15) is 17.4 Å². The summed E-state index contributed by atoms with van der Waals surface area (Å²) in [6.45, 7) is 6.68. The Kier molecular flexibility index (Phi) is 5.31. The Hall–Kier alpha value is -1.03. The number of rotatable bonds is 4. The van der Waals surface area contributed by atoms with Crippen LogP contribution >= 0.6 is 15.9 Å². The Morgan fingerprint density at radius 3 is 2.71 bits per heavy atom. The average Bonchev–Trinajstić information content (AvgIpc) is 2.40. The summed E-state index contributed by atoms with van der Waals surface area (Å²) in [6.07, 6.45) is 3.49. The molecule has 21 heavy (non-hydrogen) atoms. The van der Waals surface area contributed by atoms with E-state index < -0.39 is 5.97 Å². The summed E-state index contributed by atoms with van der Waals surface area (Å²) in [5, 5.41) is 9.35. The normalized spacial score (nSPS) is 25.9. The monoisotopic (exact) mass is 354 g/mol. The molecule has 1 aliphatic carbocycles. The fraction of sp³-hybridized carbons (Fsp3) is 0.588. The van der Waals surface area contributed by atoms with Gasteiger partial charge in [-0.1, -0.05) is 43.1 Å². The number of benzene rings is 1. The molecule has 0 bridgehead atoms. The van der Waals surface area contributed by atoms with Crippen LogP contribution in [0.25, 0.3) is 0 Å². The van der Waals surface area contributed by atoms with Crippen molar-refractivity contribution in [1.29, 1.82) is 0 Å². The van der Waals surface area contributed by atoms with Crippen LogP contribution < -0.4 is 4.74 Å². The van der Waals surface area contributed by atoms with E-state index in [1.165, 1.54) is 6.42 Å². The Bertz CT molecular complexity index is 513. The molecule has 116 valence electrons. The summed E-state index contributed by atoms with van der Waals surface area (Å²) in [7, 11) is 0. The summed E-state index contributed by atoms with van der Waals surface area (Å²) >= 11 is 3.32. The van der Waals surface area contributed by atoms with Crippen molar-refractivity contribution in [3.8, 4) is 5.75 Å². The molecule has 0 heterocycles. The van der Waals surface area contributed by atoms with Gasteiger partial charge in [-0.15, -0.1) is 0 Å². The highest BCUT2D eigenvalue weighted by atomic mass is 79.9. The number of aromatic carboxylic acids is 1. The molecule has 1 fully saturated rings. The van der Waals surface area contributed by atoms with Crippen LogP contribution in [0.4, 0.5) is 0 Å². The van der Waals surface area contributed by atoms with Gasteiger partial charge in [-0.3, -0.25) is 0 Å². The number of ether oxygens (including phenoxy) is 1. The molecule has 0 saturated heterocycles. The van der Waals surface area contributed by atoms with Crippen molar-refractivity contribution >= 4 is 21.9 Å². The molecule has 3 atom stereocenters. The van der Waals surface area contributed by atoms with E-state index in [0.717, 1.165) is 17.3 Å². The molecule has 0 amide bonds. The van der Waals surface area contributed by atoms with Crippen molar-refractivity contribution in [2.24, 2.45) is 17.8 Å². The minimum atomic E-state index is -0.948. The minimum Gasteiger partial charge on any atom is -0.489 e. The van der Waals surface area contributed by atoms with Crippen molar-refractivity contribution in [2.75, 3.05) is 0 Å². The van der Waals surface area contributed by atoms with Gasteiger partial charge in [0.2, 0.25) is 0 Å². The van der Waals surface area contributed by atoms with E-state index in [1.807, 2.05) is 6.07 Å². The second-order valence-electron chi connectivity index (χ2n) is 6.43. The van der Waals surface area contributed by atoms with Gasteiger partial charge in [-0.25, -0.2) is 4.79 Å². The minimum absolute atomic E-state index is 0.105. The molecule has 2 rings (SSSR count). The number of carbonyl (C=O) groups is 1. The molecule has 1 aromatic rings. The molecule has 0 spiro atoms. The third-order valence-corrected chi connectivity index (χ3v) is 4.90. The molecular weight excluding hydrogens is 332 g/mol. The van der Waals surface area contributed by atoms with Crippen LogP contribution in [0.3, 0.4) is 0 Å². The van der Waals surface area contributed by atoms with Crippen molar-refractivity contribution < 1.29 is 14.6 Å². The first-order chi connectivity index (χ1) is 9.88. The van der Waals surface area contributed by atoms with Gasteiger partial charge in [0.15, 0.2) is 0 Å². The molecule has 3 unspecified atom stereocenters. The lowest BCUT2D eigenvalue weighted by molar-refractivity contribution is 0.0437. The summed E-state index contributed by atoms with van der Waals surface area (Å²) in [4.78, 5) is 11.4. The summed E-state index contributed by atoms with van der Waals surface area (Å²) in [5.41, 5.74) is 0.227. The topological polar surface area (TPSA) is 46.5 Å². The van der Waals surface area contributed by atoms with Crippen molar-refractivity contribution in [3.05, 3.63) is 28.2 Å². The molecule has 0 radical (unpaired) electrons. The predicted octanol–water partition coefficient (Wildman–Crippen LogP) is 4.99. The Balaban J connectivity index is 2.24. The second kappa shape index (κ2) is 6.82. The number of hydrogen-bond acceptors (Lipinski definition) is 2. The van der Waals surface area contributed by atoms with Gasteiger partial charge in [0.05, 0.1) is 0 Å². The SMILES string of the molecule is CC1CCC(C(C)C)C(Oc2ccc(Br)cc2C(=O)O)C1. The Morgan fingerprint density at radius 2 is 2.10 bits per heavy atom. The van der Waals surface area contributed by atoms with Gasteiger partial charge < -0.3 is 9.84 Å². The van der Waals surface area contributed by atoms with E-state index in [4.69, 9.17) is 4.74 Å². The lowest BCUT2D eigenvalue weighted by atomic mass is 9.75. The zero-order valence-corrected chi connectivity index (χ0v) is 14.4. The molecule has 0 aliphatic heterocycles. The molecule has 1 aromatic carbocycles. The van der Waals surface area contributed by atoms with Crippen LogP contribution in [0, 0.1) is 17.8 Å². The van der Waals surface area contributed by atoms with Crippen molar-refractivity contribution in [3.63, 3.8) is 0 Å². The largest absolute Gasteiger partial charge is 0.489 e. The number of carboxylic acid groups (broad SMARTS) is 1. The van der Waals surface area contributed by atoms with E-state index in [9.17, 15) is 9.90 Å². The van der Waals surface area contributed by atoms with Gasteiger partial charge in [0.25, 0.3) is 0 Å². The molecule has 1 saturated carbocycles. The quantitative estimate of drug-likeness (QED) is 0.828. The van der Waals surface area contributed by atoms with Crippen LogP contribution in [0.1, 0.15) is 50.4 Å². The average molecular weight is 355 g/mol. The fourth-order valence-electron chi connectivity index (χ4n) is 3.19. The van der Waals surface area contributed by atoms with E-state index in [1.54, 1.807) is 12.1 Å². The maximum absolute atomic E-state index is 11.4. The molecule has 1 aliphatic rings. The highest BCUT2D eigenvalue weighted by molar-refractivity contribution is 9.10. The van der Waals surface area contributed by atoms with Gasteiger partial charge in [-0.05, 0) is 48.8 Å². The third kappa shape index (κ3) is 4.00. The molecular formula is C17H23BrO3. The maximum atomic E-state index is 11.4. The summed E-state index contributed by atoms with van der Waals surface area (Å²) in [6, 6.07) is 5.19. The fourth-order valence-corrected chi connectivity index (χ4v) is 3.55. The van der Waals surface area contributed by atoms with Crippen molar-refractivity contribution in [2.45, 2.75) is 46.1 Å². The zero-order chi connectivity index (χ0) is 15.6. The molecule has 1 N–H and O–H groups in total. The van der Waals surface area contributed by atoms with Gasteiger partial charge in [-0.2, -0.15) is 0 Å². The van der Waals surface area contributed by atoms with E-state index >= 15 is 0 Å². The predicted molar refractivity (Wildman–Crippen MR) is 86.9 cm³/mol. The van der Waals surface area contributed by atoms with Crippen molar-refractivity contribution in [1.82, 2.24) is 0 Å². The smallest absolute Gasteiger partial charge is 0.339 e. The first-order valence-corrected chi connectivity index (χ1v) is 8.37. The lowest BCUT2D eigenvalue weighted by Gasteiger charge is -2.37. The first kappa shape index (κ1) is 16.3. The standard InChI is InChI=1S/C17H23BrO3/c1-10(2)13-6-4-11(3)8-16(13)21-15-7-5-12(18)9-14(15)17(19)20/h5,7,9-11,13,16H,4,6,8H2,1-3H3,(H,19,20). The van der Waals surface area contributed by atoms with Crippen LogP contribution in [0.5, 0.6) is 5.75 Å². The van der Waals surface area contributed by atoms with E-state index in [0.29, 0.717) is 23.5 Å². The molecule has 3 nitrogen and oxygen atoms in total. The van der Waals surface area contributed by atoms with Gasteiger partial charge in [0, 0.05) is 4.47 Å². The number of halogens is 1. The van der Waals surface area contributed by atoms with Crippen LogP contribution in [-0.4, -0.2) is 17.2 Å². The van der Waals surface area contributed by atoms with Crippen LogP contribution in [0.2, 0.25) is 0 Å². The summed E-state index contributed by atoms with van der Waals surface area (Å²) < 4.78 is 6.90. The van der Waals surface area contributed by atoms with E-state index in [2.05, 4.69) is 36.7 Å². The Morgan fingerprint density at radius 1 is 1.38 bits per heavy atom. The van der Waals surface area contributed by atoms with Crippen LogP contribution in [0.15, 0.2) is 22.7 Å². The highest BCUT2D eigenvalue weighted by Crippen LogP contribution is 2.37. The third-order valence-electron chi connectivity index (χ3n) is 4.41. The molecule has 0 aromatic heterocycles. The number of carboxylic acids is 1. The molecule has 4 heteroatoms.